The number of hydrogen-bond donors (Lipinski definition) is 2. The molecule has 2 aromatic rings. The standard InChI is InChI=1S/C13H7BrF3N3O2S/c1-23-12-19-9(5(4-18)11(22)20-12)8-6(13(15,16)17)2-3-7(14)10(8)21/h2-3,21H,1H3,(H,19,20,22). The van der Waals surface area contributed by atoms with Crippen LogP contribution in [0.1, 0.15) is 11.1 Å². The average Bonchev–Trinajstić information content (AvgIpc) is 2.47. The highest BCUT2D eigenvalue weighted by Gasteiger charge is 2.37. The Morgan fingerprint density at radius 2 is 2.09 bits per heavy atom. The van der Waals surface area contributed by atoms with Gasteiger partial charge in [-0.25, -0.2) is 4.98 Å². The first kappa shape index (κ1) is 17.4. The number of aromatic nitrogens is 2. The molecule has 0 bridgehead atoms. The summed E-state index contributed by atoms with van der Waals surface area (Å²) in [6.07, 6.45) is -3.25. The third kappa shape index (κ3) is 3.20. The van der Waals surface area contributed by atoms with Crippen LogP contribution < -0.4 is 5.56 Å². The Balaban J connectivity index is 2.98. The Morgan fingerprint density at radius 3 is 2.61 bits per heavy atom. The van der Waals surface area contributed by atoms with Gasteiger partial charge in [-0.1, -0.05) is 11.8 Å². The van der Waals surface area contributed by atoms with Crippen molar-refractivity contribution in [1.29, 1.82) is 5.26 Å². The van der Waals surface area contributed by atoms with E-state index in [1.165, 1.54) is 6.07 Å². The second-order valence-electron chi connectivity index (χ2n) is 4.23. The molecule has 2 rings (SSSR count). The molecule has 10 heteroatoms. The highest BCUT2D eigenvalue weighted by molar-refractivity contribution is 9.10. The minimum atomic E-state index is -4.80. The molecule has 0 amide bonds. The van der Waals surface area contributed by atoms with Crippen molar-refractivity contribution in [3.8, 4) is 23.1 Å². The number of alkyl halides is 3. The molecule has 5 nitrogen and oxygen atoms in total. The SMILES string of the molecule is CSc1nc(-c2c(C(F)(F)F)ccc(Br)c2O)c(C#N)c(=O)[nH]1. The Hall–Kier alpha value is -1.99. The number of aromatic amines is 1. The van der Waals surface area contributed by atoms with Crippen LogP contribution in [0.5, 0.6) is 5.75 Å². The van der Waals surface area contributed by atoms with E-state index in [0.717, 1.165) is 23.9 Å². The third-order valence-electron chi connectivity index (χ3n) is 2.87. The molecule has 2 N–H and O–H groups in total. The third-order valence-corrected chi connectivity index (χ3v) is 4.09. The van der Waals surface area contributed by atoms with Crippen LogP contribution in [-0.4, -0.2) is 21.3 Å². The number of thioether (sulfide) groups is 1. The van der Waals surface area contributed by atoms with Crippen molar-refractivity contribution in [3.05, 3.63) is 38.1 Å². The predicted octanol–water partition coefficient (Wildman–Crippen LogP) is 3.52. The molecular weight excluding hydrogens is 399 g/mol. The topological polar surface area (TPSA) is 89.8 Å². The number of nitrogens with zero attached hydrogens (tertiary/aromatic N) is 2. The number of aromatic hydroxyl groups is 1. The molecule has 0 aliphatic heterocycles. The van der Waals surface area contributed by atoms with E-state index in [9.17, 15) is 23.1 Å². The first-order valence-corrected chi connectivity index (χ1v) is 7.90. The lowest BCUT2D eigenvalue weighted by Crippen LogP contribution is -2.16. The van der Waals surface area contributed by atoms with Gasteiger partial charge in [-0.2, -0.15) is 18.4 Å². The minimum absolute atomic E-state index is 0.0165. The molecule has 23 heavy (non-hydrogen) atoms. The maximum absolute atomic E-state index is 13.2. The van der Waals surface area contributed by atoms with E-state index in [4.69, 9.17) is 5.26 Å². The smallest absolute Gasteiger partial charge is 0.417 e. The van der Waals surface area contributed by atoms with E-state index >= 15 is 0 Å². The van der Waals surface area contributed by atoms with Crippen molar-refractivity contribution in [2.24, 2.45) is 0 Å². The summed E-state index contributed by atoms with van der Waals surface area (Å²) in [5.74, 6) is -0.749. The molecule has 1 aromatic carbocycles. The van der Waals surface area contributed by atoms with Crippen LogP contribution in [0.4, 0.5) is 13.2 Å². The average molecular weight is 406 g/mol. The molecule has 0 fully saturated rings. The van der Waals surface area contributed by atoms with Crippen LogP contribution >= 0.6 is 27.7 Å². The van der Waals surface area contributed by atoms with E-state index < -0.39 is 39.9 Å². The molecule has 0 aliphatic carbocycles. The Bertz CT molecular complexity index is 874. The van der Waals surface area contributed by atoms with Gasteiger partial charge in [-0.3, -0.25) is 4.79 Å². The zero-order valence-corrected chi connectivity index (χ0v) is 13.7. The van der Waals surface area contributed by atoms with Gasteiger partial charge in [-0.15, -0.1) is 0 Å². The molecule has 0 spiro atoms. The van der Waals surface area contributed by atoms with Crippen molar-refractivity contribution in [2.45, 2.75) is 11.3 Å². The fraction of sp³-hybridized carbons (Fsp3) is 0.154. The van der Waals surface area contributed by atoms with Crippen molar-refractivity contribution in [3.63, 3.8) is 0 Å². The Kier molecular flexibility index (Phi) is 4.72. The van der Waals surface area contributed by atoms with E-state index in [0.29, 0.717) is 0 Å². The van der Waals surface area contributed by atoms with Gasteiger partial charge in [0.2, 0.25) is 0 Å². The maximum atomic E-state index is 13.2. The summed E-state index contributed by atoms with van der Waals surface area (Å²) < 4.78 is 39.7. The molecule has 0 saturated carbocycles. The molecule has 1 heterocycles. The van der Waals surface area contributed by atoms with E-state index in [1.54, 1.807) is 6.26 Å². The van der Waals surface area contributed by atoms with Gasteiger partial charge in [0.1, 0.15) is 23.1 Å². The number of nitrogens with one attached hydrogen (secondary N) is 1. The fourth-order valence-corrected chi connectivity index (χ4v) is 2.58. The summed E-state index contributed by atoms with van der Waals surface area (Å²) in [7, 11) is 0. The van der Waals surface area contributed by atoms with Gasteiger partial charge in [-0.05, 0) is 34.3 Å². The normalized spacial score (nSPS) is 11.3. The van der Waals surface area contributed by atoms with Gasteiger partial charge in [0, 0.05) is 0 Å². The van der Waals surface area contributed by atoms with Crippen LogP contribution in [0, 0.1) is 11.3 Å². The molecule has 0 saturated heterocycles. The number of halogens is 4. The first-order chi connectivity index (χ1) is 10.7. The number of hydrogen-bond acceptors (Lipinski definition) is 5. The van der Waals surface area contributed by atoms with Gasteiger partial charge >= 0.3 is 6.18 Å². The molecule has 0 aliphatic rings. The zero-order valence-electron chi connectivity index (χ0n) is 11.3. The van der Waals surface area contributed by atoms with Crippen LogP contribution in [0.2, 0.25) is 0 Å². The van der Waals surface area contributed by atoms with Crippen LogP contribution in [0.25, 0.3) is 11.3 Å². The molecule has 0 radical (unpaired) electrons. The second kappa shape index (κ2) is 6.25. The summed E-state index contributed by atoms with van der Waals surface area (Å²) >= 11 is 3.91. The molecule has 1 aromatic heterocycles. The summed E-state index contributed by atoms with van der Waals surface area (Å²) in [5, 5.41) is 19.2. The van der Waals surface area contributed by atoms with Crippen molar-refractivity contribution < 1.29 is 18.3 Å². The quantitative estimate of drug-likeness (QED) is 0.589. The van der Waals surface area contributed by atoms with Crippen molar-refractivity contribution in [1.82, 2.24) is 9.97 Å². The predicted molar refractivity (Wildman–Crippen MR) is 81.2 cm³/mol. The Labute approximate surface area is 140 Å². The molecule has 0 atom stereocenters. The van der Waals surface area contributed by atoms with Gasteiger partial charge in [0.05, 0.1) is 15.6 Å². The molecular formula is C13H7BrF3N3O2S. The summed E-state index contributed by atoms with van der Waals surface area (Å²) in [5.41, 5.74) is -3.92. The fourth-order valence-electron chi connectivity index (χ4n) is 1.88. The largest absolute Gasteiger partial charge is 0.506 e. The summed E-state index contributed by atoms with van der Waals surface area (Å²) in [6.45, 7) is 0. The van der Waals surface area contributed by atoms with E-state index in [-0.39, 0.29) is 9.63 Å². The lowest BCUT2D eigenvalue weighted by molar-refractivity contribution is -0.137. The minimum Gasteiger partial charge on any atom is -0.506 e. The van der Waals surface area contributed by atoms with Crippen molar-refractivity contribution in [2.75, 3.05) is 6.26 Å². The monoisotopic (exact) mass is 405 g/mol. The van der Waals surface area contributed by atoms with Crippen LogP contribution in [0.15, 0.2) is 26.6 Å². The van der Waals surface area contributed by atoms with Gasteiger partial charge in [0.25, 0.3) is 5.56 Å². The highest BCUT2D eigenvalue weighted by atomic mass is 79.9. The number of phenols is 1. The Morgan fingerprint density at radius 1 is 1.43 bits per heavy atom. The molecule has 0 unspecified atom stereocenters. The number of phenolic OH excluding ortho intramolecular Hbond substituents is 1. The molecule has 120 valence electrons. The summed E-state index contributed by atoms with van der Waals surface area (Å²) in [6, 6.07) is 3.29. The van der Waals surface area contributed by atoms with Crippen LogP contribution in [0.3, 0.4) is 0 Å². The van der Waals surface area contributed by atoms with E-state index in [2.05, 4.69) is 25.9 Å². The number of rotatable bonds is 2. The number of benzene rings is 1. The van der Waals surface area contributed by atoms with E-state index in [1.807, 2.05) is 0 Å². The number of nitriles is 1. The van der Waals surface area contributed by atoms with Gasteiger partial charge < -0.3 is 10.1 Å². The number of H-pyrrole nitrogens is 1. The highest BCUT2D eigenvalue weighted by Crippen LogP contribution is 2.44. The second-order valence-corrected chi connectivity index (χ2v) is 5.88. The van der Waals surface area contributed by atoms with Crippen molar-refractivity contribution >= 4 is 27.7 Å². The van der Waals surface area contributed by atoms with Crippen LogP contribution in [-0.2, 0) is 6.18 Å². The lowest BCUT2D eigenvalue weighted by atomic mass is 10.00. The first-order valence-electron chi connectivity index (χ1n) is 5.88. The lowest BCUT2D eigenvalue weighted by Gasteiger charge is -2.15. The van der Waals surface area contributed by atoms with Gasteiger partial charge in [0.15, 0.2) is 5.16 Å². The zero-order chi connectivity index (χ0) is 17.4. The maximum Gasteiger partial charge on any atom is 0.417 e. The summed E-state index contributed by atoms with van der Waals surface area (Å²) in [4.78, 5) is 18.0.